The van der Waals surface area contributed by atoms with Crippen LogP contribution in [-0.2, 0) is 14.8 Å². The number of carbonyl (C=O) groups is 2. The maximum atomic E-state index is 13.1. The number of anilines is 1. The predicted octanol–water partition coefficient (Wildman–Crippen LogP) is 3.86. The lowest BCUT2D eigenvalue weighted by molar-refractivity contribution is -0.118. The molecule has 1 fully saturated rings. The van der Waals surface area contributed by atoms with Crippen molar-refractivity contribution in [3.63, 3.8) is 0 Å². The van der Waals surface area contributed by atoms with Gasteiger partial charge < -0.3 is 10.1 Å². The van der Waals surface area contributed by atoms with Crippen LogP contribution >= 0.6 is 0 Å². The van der Waals surface area contributed by atoms with Gasteiger partial charge in [0.25, 0.3) is 5.91 Å². The molecule has 0 aromatic heterocycles. The zero-order valence-corrected chi connectivity index (χ0v) is 18.8. The van der Waals surface area contributed by atoms with Gasteiger partial charge in [0.15, 0.2) is 12.4 Å². The van der Waals surface area contributed by atoms with Crippen LogP contribution in [0.15, 0.2) is 53.4 Å². The molecular formula is C23H28N2O5S. The first kappa shape index (κ1) is 23.0. The van der Waals surface area contributed by atoms with E-state index in [4.69, 9.17) is 4.74 Å². The van der Waals surface area contributed by atoms with Crippen molar-refractivity contribution in [3.05, 3.63) is 54.1 Å². The predicted molar refractivity (Wildman–Crippen MR) is 119 cm³/mol. The molecule has 8 heteroatoms. The van der Waals surface area contributed by atoms with Crippen LogP contribution < -0.4 is 10.1 Å². The Morgan fingerprint density at radius 2 is 1.58 bits per heavy atom. The van der Waals surface area contributed by atoms with Gasteiger partial charge in [0.2, 0.25) is 10.0 Å². The maximum absolute atomic E-state index is 13.1. The first-order valence-corrected chi connectivity index (χ1v) is 11.8. The van der Waals surface area contributed by atoms with Crippen LogP contribution in [0.25, 0.3) is 0 Å². The van der Waals surface area contributed by atoms with Gasteiger partial charge in [-0.1, -0.05) is 6.42 Å². The van der Waals surface area contributed by atoms with Gasteiger partial charge in [0, 0.05) is 23.3 Å². The molecule has 2 atom stereocenters. The van der Waals surface area contributed by atoms with Gasteiger partial charge in [-0.05, 0) is 82.1 Å². The van der Waals surface area contributed by atoms with Gasteiger partial charge in [-0.2, -0.15) is 4.31 Å². The molecule has 2 unspecified atom stereocenters. The summed E-state index contributed by atoms with van der Waals surface area (Å²) in [6.07, 6.45) is 2.74. The smallest absolute Gasteiger partial charge is 0.262 e. The number of carbonyl (C=O) groups excluding carboxylic acids is 2. The van der Waals surface area contributed by atoms with Crippen molar-refractivity contribution in [1.82, 2.24) is 4.31 Å². The van der Waals surface area contributed by atoms with Gasteiger partial charge in [-0.15, -0.1) is 0 Å². The number of ketones is 1. The standard InChI is InChI=1S/C23H28N2O5S/c1-16-5-4-6-17(2)25(16)31(28,29)22-13-9-20(10-14-22)24-23(27)15-30-21-11-7-19(8-12-21)18(3)26/h7-14,16-17H,4-6,15H2,1-3H3,(H,24,27). The van der Waals surface area contributed by atoms with Crippen molar-refractivity contribution < 1.29 is 22.7 Å². The molecule has 0 saturated carbocycles. The molecule has 0 spiro atoms. The number of ether oxygens (including phenoxy) is 1. The Morgan fingerprint density at radius 3 is 2.13 bits per heavy atom. The maximum Gasteiger partial charge on any atom is 0.262 e. The average Bonchev–Trinajstić information content (AvgIpc) is 2.72. The van der Waals surface area contributed by atoms with Crippen molar-refractivity contribution in [2.75, 3.05) is 11.9 Å². The van der Waals surface area contributed by atoms with Crippen LogP contribution in [-0.4, -0.2) is 43.1 Å². The van der Waals surface area contributed by atoms with E-state index in [0.29, 0.717) is 17.0 Å². The normalized spacial score (nSPS) is 19.6. The van der Waals surface area contributed by atoms with E-state index in [1.165, 1.54) is 19.1 Å². The number of Topliss-reactive ketones (excluding diaryl/α,β-unsaturated/α-hetero) is 1. The Balaban J connectivity index is 1.59. The van der Waals surface area contributed by atoms with Gasteiger partial charge in [-0.3, -0.25) is 9.59 Å². The summed E-state index contributed by atoms with van der Waals surface area (Å²) in [7, 11) is -3.59. The molecule has 0 bridgehead atoms. The van der Waals surface area contributed by atoms with E-state index in [9.17, 15) is 18.0 Å². The molecule has 31 heavy (non-hydrogen) atoms. The number of piperidine rings is 1. The Kier molecular flexibility index (Phi) is 7.12. The summed E-state index contributed by atoms with van der Waals surface area (Å²) in [6, 6.07) is 12.7. The molecule has 7 nitrogen and oxygen atoms in total. The Hall–Kier alpha value is -2.71. The molecule has 1 aliphatic heterocycles. The molecule has 0 radical (unpaired) electrons. The zero-order chi connectivity index (χ0) is 22.6. The number of amides is 1. The molecule has 1 aliphatic rings. The van der Waals surface area contributed by atoms with E-state index in [0.717, 1.165) is 19.3 Å². The second-order valence-electron chi connectivity index (χ2n) is 7.91. The summed E-state index contributed by atoms with van der Waals surface area (Å²) >= 11 is 0. The third-order valence-corrected chi connectivity index (χ3v) is 7.60. The molecule has 1 N–H and O–H groups in total. The summed E-state index contributed by atoms with van der Waals surface area (Å²) in [5, 5.41) is 2.69. The van der Waals surface area contributed by atoms with E-state index >= 15 is 0 Å². The molecule has 2 aromatic carbocycles. The van der Waals surface area contributed by atoms with Crippen molar-refractivity contribution in [1.29, 1.82) is 0 Å². The number of hydrogen-bond acceptors (Lipinski definition) is 5. The van der Waals surface area contributed by atoms with E-state index in [1.807, 2.05) is 13.8 Å². The number of sulfonamides is 1. The number of rotatable bonds is 7. The number of hydrogen-bond donors (Lipinski definition) is 1. The average molecular weight is 445 g/mol. The SMILES string of the molecule is CC(=O)c1ccc(OCC(=O)Nc2ccc(S(=O)(=O)N3C(C)CCCC3C)cc2)cc1. The summed E-state index contributed by atoms with van der Waals surface area (Å²) in [4.78, 5) is 23.7. The third-order valence-electron chi connectivity index (χ3n) is 5.46. The largest absolute Gasteiger partial charge is 0.484 e. The third kappa shape index (κ3) is 5.51. The molecule has 166 valence electrons. The first-order valence-electron chi connectivity index (χ1n) is 10.4. The fourth-order valence-corrected chi connectivity index (χ4v) is 5.72. The quantitative estimate of drug-likeness (QED) is 0.655. The first-order chi connectivity index (χ1) is 14.7. The topological polar surface area (TPSA) is 92.8 Å². The Bertz CT molecular complexity index is 1020. The zero-order valence-electron chi connectivity index (χ0n) is 18.0. The highest BCUT2D eigenvalue weighted by atomic mass is 32.2. The second kappa shape index (κ2) is 9.62. The van der Waals surface area contributed by atoms with Gasteiger partial charge in [-0.25, -0.2) is 8.42 Å². The summed E-state index contributed by atoms with van der Waals surface area (Å²) in [6.45, 7) is 5.15. The Morgan fingerprint density at radius 1 is 1.00 bits per heavy atom. The summed E-state index contributed by atoms with van der Waals surface area (Å²) in [5.41, 5.74) is 1.06. The van der Waals surface area contributed by atoms with E-state index in [-0.39, 0.29) is 35.3 Å². The molecular weight excluding hydrogens is 416 g/mol. The molecule has 3 rings (SSSR count). The van der Waals surface area contributed by atoms with Crippen molar-refractivity contribution in [2.24, 2.45) is 0 Å². The Labute approximate surface area is 183 Å². The van der Waals surface area contributed by atoms with E-state index in [2.05, 4.69) is 5.32 Å². The van der Waals surface area contributed by atoms with Crippen LogP contribution in [0.4, 0.5) is 5.69 Å². The van der Waals surface area contributed by atoms with E-state index < -0.39 is 10.0 Å². The minimum absolute atomic E-state index is 0.0326. The molecule has 1 amide bonds. The fourth-order valence-electron chi connectivity index (χ4n) is 3.84. The highest BCUT2D eigenvalue weighted by Gasteiger charge is 2.35. The van der Waals surface area contributed by atoms with Gasteiger partial charge >= 0.3 is 0 Å². The van der Waals surface area contributed by atoms with Crippen LogP contribution in [0.5, 0.6) is 5.75 Å². The van der Waals surface area contributed by atoms with E-state index in [1.54, 1.807) is 40.7 Å². The number of nitrogens with one attached hydrogen (secondary N) is 1. The second-order valence-corrected chi connectivity index (χ2v) is 9.75. The monoisotopic (exact) mass is 444 g/mol. The van der Waals surface area contributed by atoms with Gasteiger partial charge in [0.05, 0.1) is 4.90 Å². The minimum Gasteiger partial charge on any atom is -0.484 e. The number of benzene rings is 2. The lowest BCUT2D eigenvalue weighted by Gasteiger charge is -2.37. The van der Waals surface area contributed by atoms with Crippen LogP contribution in [0.3, 0.4) is 0 Å². The summed E-state index contributed by atoms with van der Waals surface area (Å²) < 4.78 is 33.2. The lowest BCUT2D eigenvalue weighted by Crippen LogP contribution is -2.47. The van der Waals surface area contributed by atoms with Crippen LogP contribution in [0, 0.1) is 0 Å². The van der Waals surface area contributed by atoms with Gasteiger partial charge in [0.1, 0.15) is 5.75 Å². The van der Waals surface area contributed by atoms with Crippen LogP contribution in [0.2, 0.25) is 0 Å². The van der Waals surface area contributed by atoms with Crippen molar-refractivity contribution in [2.45, 2.75) is 57.0 Å². The number of nitrogens with zero attached hydrogens (tertiary/aromatic N) is 1. The highest BCUT2D eigenvalue weighted by Crippen LogP contribution is 2.30. The van der Waals surface area contributed by atoms with Crippen LogP contribution in [0.1, 0.15) is 50.4 Å². The molecule has 0 aliphatic carbocycles. The van der Waals surface area contributed by atoms with Crippen molar-refractivity contribution >= 4 is 27.4 Å². The minimum atomic E-state index is -3.59. The highest BCUT2D eigenvalue weighted by molar-refractivity contribution is 7.89. The van der Waals surface area contributed by atoms with Crippen molar-refractivity contribution in [3.8, 4) is 5.75 Å². The summed E-state index contributed by atoms with van der Waals surface area (Å²) in [5.74, 6) is 0.0647. The molecule has 2 aromatic rings. The molecule has 1 saturated heterocycles. The molecule has 1 heterocycles. The lowest BCUT2D eigenvalue weighted by atomic mass is 10.0. The fraction of sp³-hybridized carbons (Fsp3) is 0.391.